The molecule has 0 fully saturated rings. The van der Waals surface area contributed by atoms with Crippen LogP contribution < -0.4 is 5.32 Å². The van der Waals surface area contributed by atoms with E-state index in [0.29, 0.717) is 0 Å². The molecule has 118 valence electrons. The van der Waals surface area contributed by atoms with Gasteiger partial charge >= 0.3 is 12.1 Å². The first-order chi connectivity index (χ1) is 10.1. The molecular formula is C12H9Cl3N2O5. The molecule has 7 nitrogen and oxygen atoms in total. The molecule has 22 heavy (non-hydrogen) atoms. The number of carbonyl (C=O) groups is 2. The Morgan fingerprint density at radius 1 is 1.41 bits per heavy atom. The van der Waals surface area contributed by atoms with E-state index in [4.69, 9.17) is 45.2 Å². The van der Waals surface area contributed by atoms with Crippen LogP contribution in [0.3, 0.4) is 0 Å². The highest BCUT2D eigenvalue weighted by Crippen LogP contribution is 2.26. The Balaban J connectivity index is 2.90. The molecule has 3 N–H and O–H groups in total. The second kappa shape index (κ2) is 7.51. The lowest BCUT2D eigenvalue weighted by Gasteiger charge is -2.13. The van der Waals surface area contributed by atoms with E-state index >= 15 is 0 Å². The van der Waals surface area contributed by atoms with Crippen LogP contribution >= 0.6 is 34.8 Å². The number of amides is 1. The van der Waals surface area contributed by atoms with Gasteiger partial charge in [-0.2, -0.15) is 5.26 Å². The number of carbonyl (C=O) groups excluding carboxylic acids is 1. The Morgan fingerprint density at radius 3 is 2.55 bits per heavy atom. The van der Waals surface area contributed by atoms with E-state index in [1.165, 1.54) is 18.2 Å². The number of alkyl halides is 3. The molecule has 1 rings (SSSR count). The number of aliphatic hydroxyl groups excluding tert-OH is 1. The summed E-state index contributed by atoms with van der Waals surface area (Å²) in [6.45, 7) is -0.499. The van der Waals surface area contributed by atoms with Crippen LogP contribution in [0.2, 0.25) is 0 Å². The molecule has 1 amide bonds. The van der Waals surface area contributed by atoms with Crippen molar-refractivity contribution < 1.29 is 24.5 Å². The summed E-state index contributed by atoms with van der Waals surface area (Å²) in [7, 11) is 0. The molecule has 0 aliphatic heterocycles. The molecule has 0 aliphatic carbocycles. The van der Waals surface area contributed by atoms with Crippen molar-refractivity contribution in [2.75, 3.05) is 11.9 Å². The van der Waals surface area contributed by atoms with Crippen molar-refractivity contribution in [3.05, 3.63) is 29.3 Å². The lowest BCUT2D eigenvalue weighted by atomic mass is 10.0. The number of nitrogens with zero attached hydrogens (tertiary/aromatic N) is 1. The molecule has 0 saturated carbocycles. The lowest BCUT2D eigenvalue weighted by Crippen LogP contribution is -2.21. The van der Waals surface area contributed by atoms with E-state index in [2.05, 4.69) is 10.1 Å². The maximum atomic E-state index is 11.5. The summed E-state index contributed by atoms with van der Waals surface area (Å²) in [5, 5.41) is 29.4. The molecule has 0 heterocycles. The van der Waals surface area contributed by atoms with Gasteiger partial charge in [0.25, 0.3) is 0 Å². The first-order valence-corrected chi connectivity index (χ1v) is 6.73. The van der Waals surface area contributed by atoms with Crippen molar-refractivity contribution in [1.29, 1.82) is 5.26 Å². The molecule has 0 aromatic heterocycles. The molecule has 0 aliphatic rings. The normalized spacial score (nSPS) is 12.1. The Morgan fingerprint density at radius 2 is 2.05 bits per heavy atom. The van der Waals surface area contributed by atoms with Crippen molar-refractivity contribution >= 4 is 52.6 Å². The highest BCUT2D eigenvalue weighted by Gasteiger charge is 2.22. The minimum absolute atomic E-state index is 0.0700. The molecule has 1 aromatic carbocycles. The Bertz CT molecular complexity index is 624. The SMILES string of the molecule is N#CC(O)c1ccc(NC(=O)OCC(Cl)(Cl)Cl)cc1C(=O)O. The Kier molecular flexibility index (Phi) is 6.26. The number of benzene rings is 1. The number of nitrogens with one attached hydrogen (secondary N) is 1. The van der Waals surface area contributed by atoms with Crippen LogP contribution in [0.5, 0.6) is 0 Å². The standard InChI is InChI=1S/C12H9Cl3N2O5/c13-12(14,15)5-22-11(21)17-6-1-2-7(9(18)4-16)8(3-6)10(19)20/h1-3,9,18H,5H2,(H,17,21)(H,19,20). The molecular weight excluding hydrogens is 359 g/mol. The zero-order chi connectivity index (χ0) is 16.9. The number of halogens is 3. The monoisotopic (exact) mass is 366 g/mol. The van der Waals surface area contributed by atoms with Crippen LogP contribution in [0.4, 0.5) is 10.5 Å². The van der Waals surface area contributed by atoms with Gasteiger partial charge in [0, 0.05) is 11.3 Å². The Hall–Kier alpha value is -1.72. The average molecular weight is 368 g/mol. The minimum atomic E-state index is -1.77. The summed E-state index contributed by atoms with van der Waals surface area (Å²) in [6, 6.07) is 5.06. The molecule has 0 spiro atoms. The molecule has 10 heteroatoms. The number of rotatable bonds is 4. The van der Waals surface area contributed by atoms with Crippen molar-refractivity contribution in [2.24, 2.45) is 0 Å². The quantitative estimate of drug-likeness (QED) is 0.556. The number of carboxylic acids is 1. The molecule has 0 bridgehead atoms. The fraction of sp³-hybridized carbons (Fsp3) is 0.250. The second-order valence-corrected chi connectivity index (χ2v) is 6.47. The van der Waals surface area contributed by atoms with Gasteiger partial charge in [-0.05, 0) is 12.1 Å². The van der Waals surface area contributed by atoms with Gasteiger partial charge in [-0.3, -0.25) is 5.32 Å². The topological polar surface area (TPSA) is 120 Å². The smallest absolute Gasteiger partial charge is 0.411 e. The molecule has 1 atom stereocenters. The zero-order valence-electron chi connectivity index (χ0n) is 10.7. The maximum absolute atomic E-state index is 11.5. The second-order valence-electron chi connectivity index (χ2n) is 3.96. The zero-order valence-corrected chi connectivity index (χ0v) is 13.0. The van der Waals surface area contributed by atoms with Gasteiger partial charge in [-0.25, -0.2) is 9.59 Å². The first-order valence-electron chi connectivity index (χ1n) is 5.59. The van der Waals surface area contributed by atoms with Crippen LogP contribution in [0.1, 0.15) is 22.0 Å². The van der Waals surface area contributed by atoms with E-state index in [1.807, 2.05) is 0 Å². The average Bonchev–Trinajstić information content (AvgIpc) is 2.43. The Labute approximate surface area is 139 Å². The number of aliphatic hydroxyl groups is 1. The number of nitriles is 1. The maximum Gasteiger partial charge on any atom is 0.411 e. The predicted molar refractivity (Wildman–Crippen MR) is 79.2 cm³/mol. The van der Waals surface area contributed by atoms with Crippen molar-refractivity contribution in [1.82, 2.24) is 0 Å². The van der Waals surface area contributed by atoms with Gasteiger partial charge in [-0.15, -0.1) is 0 Å². The summed E-state index contributed by atoms with van der Waals surface area (Å²) >= 11 is 16.2. The molecule has 1 unspecified atom stereocenters. The van der Waals surface area contributed by atoms with E-state index in [9.17, 15) is 14.7 Å². The molecule has 0 saturated heterocycles. The third-order valence-corrected chi connectivity index (χ3v) is 2.64. The van der Waals surface area contributed by atoms with Crippen molar-refractivity contribution in [3.8, 4) is 6.07 Å². The van der Waals surface area contributed by atoms with Crippen molar-refractivity contribution in [3.63, 3.8) is 0 Å². The minimum Gasteiger partial charge on any atom is -0.478 e. The number of hydrogen-bond donors (Lipinski definition) is 3. The van der Waals surface area contributed by atoms with Gasteiger partial charge in [-0.1, -0.05) is 40.9 Å². The van der Waals surface area contributed by atoms with Crippen LogP contribution in [-0.4, -0.2) is 32.7 Å². The number of ether oxygens (including phenoxy) is 1. The summed E-state index contributed by atoms with van der Waals surface area (Å²) in [6.07, 6.45) is -2.56. The highest BCUT2D eigenvalue weighted by molar-refractivity contribution is 6.67. The fourth-order valence-electron chi connectivity index (χ4n) is 1.43. The highest BCUT2D eigenvalue weighted by atomic mass is 35.6. The van der Waals surface area contributed by atoms with E-state index in [0.717, 1.165) is 6.07 Å². The van der Waals surface area contributed by atoms with Crippen LogP contribution in [0.25, 0.3) is 0 Å². The van der Waals surface area contributed by atoms with E-state index in [-0.39, 0.29) is 16.8 Å². The summed E-state index contributed by atoms with van der Waals surface area (Å²) < 4.78 is 2.84. The van der Waals surface area contributed by atoms with E-state index in [1.54, 1.807) is 0 Å². The summed E-state index contributed by atoms with van der Waals surface area (Å²) in [4.78, 5) is 22.6. The largest absolute Gasteiger partial charge is 0.478 e. The number of carboxylic acid groups (broad SMARTS) is 1. The lowest BCUT2D eigenvalue weighted by molar-refractivity contribution is 0.0692. The van der Waals surface area contributed by atoms with E-state index < -0.39 is 28.6 Å². The number of anilines is 1. The number of hydrogen-bond acceptors (Lipinski definition) is 5. The van der Waals surface area contributed by atoms with Crippen LogP contribution in [0, 0.1) is 11.3 Å². The fourth-order valence-corrected chi connectivity index (χ4v) is 1.59. The van der Waals surface area contributed by atoms with Crippen LogP contribution in [0.15, 0.2) is 18.2 Å². The molecule has 1 aromatic rings. The third kappa shape index (κ3) is 5.58. The van der Waals surface area contributed by atoms with Gasteiger partial charge in [0.05, 0.1) is 11.6 Å². The third-order valence-electron chi connectivity index (χ3n) is 2.31. The first kappa shape index (κ1) is 18.3. The van der Waals surface area contributed by atoms with Gasteiger partial charge in [0.2, 0.25) is 3.79 Å². The molecule has 0 radical (unpaired) electrons. The van der Waals surface area contributed by atoms with Gasteiger partial charge in [0.15, 0.2) is 6.10 Å². The van der Waals surface area contributed by atoms with Crippen molar-refractivity contribution in [2.45, 2.75) is 9.90 Å². The van der Waals surface area contributed by atoms with Crippen LogP contribution in [-0.2, 0) is 4.74 Å². The predicted octanol–water partition coefficient (Wildman–Crippen LogP) is 2.86. The summed E-state index contributed by atoms with van der Waals surface area (Å²) in [5.74, 6) is -1.37. The number of aromatic carboxylic acids is 1. The van der Waals surface area contributed by atoms with Gasteiger partial charge in [0.1, 0.15) is 6.61 Å². The summed E-state index contributed by atoms with van der Waals surface area (Å²) in [5.41, 5.74) is -0.371. The van der Waals surface area contributed by atoms with Gasteiger partial charge < -0.3 is 14.9 Å².